The first kappa shape index (κ1) is 10.6. The van der Waals surface area contributed by atoms with Crippen LogP contribution in [-0.4, -0.2) is 4.98 Å². The first-order valence-corrected chi connectivity index (χ1v) is 5.76. The predicted molar refractivity (Wildman–Crippen MR) is 73.0 cm³/mol. The van der Waals surface area contributed by atoms with Crippen molar-refractivity contribution in [2.45, 2.75) is 0 Å². The maximum atomic E-state index is 4.51. The number of benzene rings is 2. The number of aromatic nitrogens is 1. The molecule has 1 radical (unpaired) electrons. The van der Waals surface area contributed by atoms with Gasteiger partial charge in [-0.2, -0.15) is 0 Å². The van der Waals surface area contributed by atoms with Crippen LogP contribution in [0.2, 0.25) is 0 Å². The number of pyridine rings is 1. The highest BCUT2D eigenvalue weighted by molar-refractivity contribution is 5.78. The van der Waals surface area contributed by atoms with Gasteiger partial charge in [0, 0.05) is 10.9 Å². The van der Waals surface area contributed by atoms with Gasteiger partial charge < -0.3 is 0 Å². The number of para-hydroxylation sites is 1. The molecule has 83 valence electrons. The summed E-state index contributed by atoms with van der Waals surface area (Å²) in [4.78, 5) is 4.51. The first-order chi connectivity index (χ1) is 8.92. The summed E-state index contributed by atoms with van der Waals surface area (Å²) in [5, 5.41) is 1.14. The molecule has 0 aliphatic carbocycles. The van der Waals surface area contributed by atoms with Crippen LogP contribution in [0.25, 0.3) is 10.9 Å². The number of hydrogen-bond acceptors (Lipinski definition) is 1. The van der Waals surface area contributed by atoms with Crippen LogP contribution >= 0.6 is 0 Å². The minimum absolute atomic E-state index is 0.793. The van der Waals surface area contributed by atoms with E-state index in [0.29, 0.717) is 0 Å². The highest BCUT2D eigenvalue weighted by atomic mass is 14.7. The maximum Gasteiger partial charge on any atom is 0.114 e. The van der Waals surface area contributed by atoms with E-state index in [1.807, 2.05) is 60.7 Å². The molecule has 1 nitrogen and oxygen atoms in total. The Kier molecular flexibility index (Phi) is 2.77. The van der Waals surface area contributed by atoms with Crippen molar-refractivity contribution in [3.05, 3.63) is 78.0 Å². The van der Waals surface area contributed by atoms with Gasteiger partial charge in [-0.1, -0.05) is 42.3 Å². The Morgan fingerprint density at radius 2 is 1.67 bits per heavy atom. The third kappa shape index (κ3) is 2.23. The Morgan fingerprint density at radius 3 is 2.56 bits per heavy atom. The van der Waals surface area contributed by atoms with E-state index in [9.17, 15) is 0 Å². The smallest absolute Gasteiger partial charge is 0.114 e. The van der Waals surface area contributed by atoms with Gasteiger partial charge in [-0.3, -0.25) is 0 Å². The highest BCUT2D eigenvalue weighted by Gasteiger charge is 1.94. The van der Waals surface area contributed by atoms with Crippen molar-refractivity contribution >= 4 is 10.9 Å². The summed E-state index contributed by atoms with van der Waals surface area (Å²) in [6.45, 7) is 0. The lowest BCUT2D eigenvalue weighted by Crippen LogP contribution is -1.84. The second-order valence-corrected chi connectivity index (χ2v) is 3.93. The van der Waals surface area contributed by atoms with Gasteiger partial charge in [0.05, 0.1) is 5.52 Å². The van der Waals surface area contributed by atoms with E-state index in [0.717, 1.165) is 22.2 Å². The van der Waals surface area contributed by atoms with Gasteiger partial charge in [0.25, 0.3) is 0 Å². The molecule has 0 spiro atoms. The molecular weight excluding hydrogens is 218 g/mol. The quantitative estimate of drug-likeness (QED) is 0.537. The first-order valence-electron chi connectivity index (χ1n) is 5.76. The molecular formula is C17H10N. The third-order valence-corrected chi connectivity index (χ3v) is 2.65. The van der Waals surface area contributed by atoms with Crippen LogP contribution in [0.5, 0.6) is 0 Å². The minimum Gasteiger partial charge on any atom is -0.239 e. The van der Waals surface area contributed by atoms with E-state index < -0.39 is 0 Å². The van der Waals surface area contributed by atoms with E-state index in [1.54, 1.807) is 0 Å². The average Bonchev–Trinajstić information content (AvgIpc) is 2.46. The fraction of sp³-hybridized carbons (Fsp3) is 0. The highest BCUT2D eigenvalue weighted by Crippen LogP contribution is 2.11. The molecule has 18 heavy (non-hydrogen) atoms. The molecule has 2 aromatic carbocycles. The summed E-state index contributed by atoms with van der Waals surface area (Å²) in [5.41, 5.74) is 2.75. The standard InChI is InChI=1S/C17H10N/c1-2-6-14(7-3-1)10-12-16-13-11-15-8-4-5-9-17(15)18-16/h2-9,11,13H. The van der Waals surface area contributed by atoms with Crippen LogP contribution in [-0.2, 0) is 0 Å². The van der Waals surface area contributed by atoms with Crippen LogP contribution in [0.4, 0.5) is 0 Å². The van der Waals surface area contributed by atoms with Crippen molar-refractivity contribution in [2.75, 3.05) is 0 Å². The van der Waals surface area contributed by atoms with Crippen molar-refractivity contribution in [1.29, 1.82) is 0 Å². The van der Waals surface area contributed by atoms with Gasteiger partial charge in [0.2, 0.25) is 0 Å². The second-order valence-electron chi connectivity index (χ2n) is 3.93. The van der Waals surface area contributed by atoms with Crippen LogP contribution in [0.15, 0.2) is 60.7 Å². The molecule has 1 aromatic heterocycles. The number of hydrogen-bond donors (Lipinski definition) is 0. The molecule has 0 unspecified atom stereocenters. The molecule has 0 saturated carbocycles. The van der Waals surface area contributed by atoms with E-state index in [4.69, 9.17) is 0 Å². The normalized spacial score (nSPS) is 9.78. The molecule has 1 heteroatoms. The monoisotopic (exact) mass is 228 g/mol. The molecule has 0 N–H and O–H groups in total. The average molecular weight is 228 g/mol. The Balaban J connectivity index is 1.99. The van der Waals surface area contributed by atoms with Crippen LogP contribution in [0.1, 0.15) is 11.3 Å². The molecule has 0 aliphatic rings. The molecule has 3 aromatic rings. The van der Waals surface area contributed by atoms with Crippen molar-refractivity contribution in [2.24, 2.45) is 0 Å². The lowest BCUT2D eigenvalue weighted by molar-refractivity contribution is 1.36. The van der Waals surface area contributed by atoms with Crippen molar-refractivity contribution in [3.63, 3.8) is 0 Å². The number of rotatable bonds is 0. The Bertz CT molecular complexity index is 733. The van der Waals surface area contributed by atoms with Gasteiger partial charge in [0.15, 0.2) is 0 Å². The largest absolute Gasteiger partial charge is 0.239 e. The Hall–Kier alpha value is -2.59. The van der Waals surface area contributed by atoms with E-state index in [1.165, 1.54) is 0 Å². The number of fused-ring (bicyclic) bond motifs is 1. The van der Waals surface area contributed by atoms with Gasteiger partial charge in [0.1, 0.15) is 5.69 Å². The molecule has 0 fully saturated rings. The fourth-order valence-electron chi connectivity index (χ4n) is 1.74. The SMILES string of the molecule is C(#Cc1ccc2ccccc2n1)c1cc[c]cc1. The zero-order valence-electron chi connectivity index (χ0n) is 9.72. The topological polar surface area (TPSA) is 12.9 Å². The summed E-state index contributed by atoms with van der Waals surface area (Å²) in [5.74, 6) is 6.17. The van der Waals surface area contributed by atoms with E-state index in [-0.39, 0.29) is 0 Å². The van der Waals surface area contributed by atoms with Crippen LogP contribution in [0, 0.1) is 17.9 Å². The number of nitrogens with zero attached hydrogens (tertiary/aromatic N) is 1. The zero-order chi connectivity index (χ0) is 12.2. The molecule has 0 bridgehead atoms. The second kappa shape index (κ2) is 4.73. The molecule has 0 saturated heterocycles. The predicted octanol–water partition coefficient (Wildman–Crippen LogP) is 3.43. The molecule has 0 atom stereocenters. The summed E-state index contributed by atoms with van der Waals surface area (Å²) >= 11 is 0. The Labute approximate surface area is 106 Å². The molecule has 0 aliphatic heterocycles. The molecule has 0 amide bonds. The lowest BCUT2D eigenvalue weighted by Gasteiger charge is -1.96. The van der Waals surface area contributed by atoms with Gasteiger partial charge >= 0.3 is 0 Å². The van der Waals surface area contributed by atoms with Crippen molar-refractivity contribution in [3.8, 4) is 11.8 Å². The summed E-state index contributed by atoms with van der Waals surface area (Å²) in [6.07, 6.45) is 0. The van der Waals surface area contributed by atoms with Gasteiger partial charge in [-0.05, 0) is 36.3 Å². The fourth-order valence-corrected chi connectivity index (χ4v) is 1.74. The Morgan fingerprint density at radius 1 is 0.833 bits per heavy atom. The van der Waals surface area contributed by atoms with Gasteiger partial charge in [-0.15, -0.1) is 0 Å². The lowest BCUT2D eigenvalue weighted by atomic mass is 10.2. The van der Waals surface area contributed by atoms with E-state index in [2.05, 4.69) is 22.9 Å². The van der Waals surface area contributed by atoms with Crippen molar-refractivity contribution in [1.82, 2.24) is 4.98 Å². The summed E-state index contributed by atoms with van der Waals surface area (Å²) in [7, 11) is 0. The summed E-state index contributed by atoms with van der Waals surface area (Å²) < 4.78 is 0. The zero-order valence-corrected chi connectivity index (χ0v) is 9.72. The maximum absolute atomic E-state index is 4.51. The van der Waals surface area contributed by atoms with E-state index >= 15 is 0 Å². The minimum atomic E-state index is 0.793. The van der Waals surface area contributed by atoms with Crippen LogP contribution in [0.3, 0.4) is 0 Å². The summed E-state index contributed by atoms with van der Waals surface area (Å²) in [6, 6.07) is 22.6. The van der Waals surface area contributed by atoms with Gasteiger partial charge in [-0.25, -0.2) is 4.98 Å². The van der Waals surface area contributed by atoms with Crippen molar-refractivity contribution < 1.29 is 0 Å². The molecule has 1 heterocycles. The third-order valence-electron chi connectivity index (χ3n) is 2.65. The van der Waals surface area contributed by atoms with Crippen LogP contribution < -0.4 is 0 Å². The molecule has 3 rings (SSSR count).